The molecule has 3 aromatic rings. The first-order chi connectivity index (χ1) is 10.7. The van der Waals surface area contributed by atoms with Crippen molar-refractivity contribution in [2.75, 3.05) is 0 Å². The van der Waals surface area contributed by atoms with Crippen LogP contribution in [-0.4, -0.2) is 16.0 Å². The number of amides is 1. The number of nitrogens with zero attached hydrogens (tertiary/aromatic N) is 2. The van der Waals surface area contributed by atoms with Crippen molar-refractivity contribution in [1.29, 1.82) is 0 Å². The fourth-order valence-electron chi connectivity index (χ4n) is 2.36. The van der Waals surface area contributed by atoms with Gasteiger partial charge in [-0.05, 0) is 29.8 Å². The zero-order valence-electron chi connectivity index (χ0n) is 12.1. The number of carbonyl (C=O) groups excluding carboxylic acids is 1. The summed E-state index contributed by atoms with van der Waals surface area (Å²) in [5, 5.41) is 4.18. The van der Waals surface area contributed by atoms with E-state index in [0.717, 1.165) is 34.6 Å². The van der Waals surface area contributed by atoms with E-state index < -0.39 is 5.91 Å². The summed E-state index contributed by atoms with van der Waals surface area (Å²) in [4.78, 5) is 15.3. The van der Waals surface area contributed by atoms with E-state index in [-0.39, 0.29) is 0 Å². The van der Waals surface area contributed by atoms with Crippen LogP contribution in [-0.2, 0) is 6.42 Å². The third-order valence-corrected chi connectivity index (χ3v) is 3.48. The molecule has 0 atom stereocenters. The Labute approximate surface area is 127 Å². The molecular formula is C17H15N3O2. The van der Waals surface area contributed by atoms with E-state index in [1.807, 2.05) is 31.2 Å². The van der Waals surface area contributed by atoms with Crippen LogP contribution in [0.4, 0.5) is 0 Å². The van der Waals surface area contributed by atoms with Crippen LogP contribution in [0.1, 0.15) is 23.0 Å². The number of benzene rings is 1. The molecule has 0 fully saturated rings. The highest BCUT2D eigenvalue weighted by molar-refractivity contribution is 5.93. The van der Waals surface area contributed by atoms with Gasteiger partial charge in [-0.3, -0.25) is 9.78 Å². The quantitative estimate of drug-likeness (QED) is 0.801. The summed E-state index contributed by atoms with van der Waals surface area (Å²) in [5.41, 5.74) is 9.25. The first-order valence-electron chi connectivity index (χ1n) is 7.00. The van der Waals surface area contributed by atoms with E-state index in [1.54, 1.807) is 24.5 Å². The van der Waals surface area contributed by atoms with Gasteiger partial charge in [0.15, 0.2) is 0 Å². The van der Waals surface area contributed by atoms with Gasteiger partial charge in [-0.15, -0.1) is 0 Å². The topological polar surface area (TPSA) is 82.0 Å². The Morgan fingerprint density at radius 3 is 2.55 bits per heavy atom. The largest absolute Gasteiger partial charge is 0.366 e. The van der Waals surface area contributed by atoms with Crippen LogP contribution in [0, 0.1) is 0 Å². The van der Waals surface area contributed by atoms with Crippen LogP contribution in [0.25, 0.3) is 22.4 Å². The van der Waals surface area contributed by atoms with E-state index in [0.29, 0.717) is 5.56 Å². The molecule has 0 radical (unpaired) electrons. The number of hydrogen-bond acceptors (Lipinski definition) is 4. The number of hydrogen-bond donors (Lipinski definition) is 1. The molecular weight excluding hydrogens is 278 g/mol. The van der Waals surface area contributed by atoms with Gasteiger partial charge in [0.25, 0.3) is 0 Å². The van der Waals surface area contributed by atoms with Crippen molar-refractivity contribution in [3.8, 4) is 22.4 Å². The second-order valence-corrected chi connectivity index (χ2v) is 4.87. The maximum atomic E-state index is 11.2. The minimum absolute atomic E-state index is 0.444. The van der Waals surface area contributed by atoms with Gasteiger partial charge in [0, 0.05) is 29.9 Å². The smallest absolute Gasteiger partial charge is 0.248 e. The Bertz CT molecular complexity index is 793. The number of aryl methyl sites for hydroxylation is 1. The van der Waals surface area contributed by atoms with Crippen molar-refractivity contribution in [2.45, 2.75) is 13.3 Å². The zero-order chi connectivity index (χ0) is 15.5. The summed E-state index contributed by atoms with van der Waals surface area (Å²) < 4.78 is 5.46. The SMILES string of the molecule is CCc1onc(-c2cccnc2)c1-c1ccc(C(N)=O)cc1. The van der Waals surface area contributed by atoms with E-state index in [2.05, 4.69) is 10.1 Å². The molecule has 22 heavy (non-hydrogen) atoms. The van der Waals surface area contributed by atoms with Gasteiger partial charge in [0.1, 0.15) is 11.5 Å². The zero-order valence-corrected chi connectivity index (χ0v) is 12.1. The average molecular weight is 293 g/mol. The third-order valence-electron chi connectivity index (χ3n) is 3.48. The fourth-order valence-corrected chi connectivity index (χ4v) is 2.36. The van der Waals surface area contributed by atoms with Crippen LogP contribution < -0.4 is 5.73 Å². The van der Waals surface area contributed by atoms with Gasteiger partial charge in [-0.25, -0.2) is 0 Å². The summed E-state index contributed by atoms with van der Waals surface area (Å²) >= 11 is 0. The molecule has 2 N–H and O–H groups in total. The molecule has 0 aliphatic carbocycles. The highest BCUT2D eigenvalue weighted by Crippen LogP contribution is 2.34. The van der Waals surface area contributed by atoms with Gasteiger partial charge < -0.3 is 10.3 Å². The first-order valence-corrected chi connectivity index (χ1v) is 7.00. The van der Waals surface area contributed by atoms with Crippen LogP contribution in [0.5, 0.6) is 0 Å². The lowest BCUT2D eigenvalue weighted by Gasteiger charge is -2.04. The Morgan fingerprint density at radius 1 is 1.18 bits per heavy atom. The number of carbonyl (C=O) groups is 1. The highest BCUT2D eigenvalue weighted by atomic mass is 16.5. The predicted molar refractivity (Wildman–Crippen MR) is 83.1 cm³/mol. The monoisotopic (exact) mass is 293 g/mol. The summed E-state index contributed by atoms with van der Waals surface area (Å²) in [6.45, 7) is 2.01. The van der Waals surface area contributed by atoms with Crippen LogP contribution in [0.15, 0.2) is 53.3 Å². The fraction of sp³-hybridized carbons (Fsp3) is 0.118. The first kappa shape index (κ1) is 14.0. The van der Waals surface area contributed by atoms with Gasteiger partial charge >= 0.3 is 0 Å². The highest BCUT2D eigenvalue weighted by Gasteiger charge is 2.18. The molecule has 1 aromatic carbocycles. The second kappa shape index (κ2) is 5.81. The van der Waals surface area contributed by atoms with Crippen LogP contribution in [0.3, 0.4) is 0 Å². The maximum Gasteiger partial charge on any atom is 0.248 e. The number of pyridine rings is 1. The number of primary amides is 1. The van der Waals surface area contributed by atoms with E-state index in [1.165, 1.54) is 0 Å². The molecule has 2 aromatic heterocycles. The van der Waals surface area contributed by atoms with Crippen molar-refractivity contribution in [3.05, 3.63) is 60.1 Å². The van der Waals surface area contributed by atoms with Gasteiger partial charge in [-0.1, -0.05) is 24.2 Å². The Morgan fingerprint density at radius 2 is 1.95 bits per heavy atom. The van der Waals surface area contributed by atoms with E-state index in [9.17, 15) is 4.79 Å². The molecule has 3 rings (SSSR count). The molecule has 0 aliphatic heterocycles. The van der Waals surface area contributed by atoms with Crippen molar-refractivity contribution >= 4 is 5.91 Å². The average Bonchev–Trinajstić information content (AvgIpc) is 2.99. The van der Waals surface area contributed by atoms with Crippen molar-refractivity contribution in [2.24, 2.45) is 5.73 Å². The standard InChI is InChI=1S/C17H15N3O2/c1-2-14-15(11-5-7-12(8-6-11)17(18)21)16(20-22-14)13-4-3-9-19-10-13/h3-10H,2H2,1H3,(H2,18,21). The Hall–Kier alpha value is -2.95. The molecule has 1 amide bonds. The van der Waals surface area contributed by atoms with Gasteiger partial charge in [0.05, 0.1) is 5.56 Å². The maximum absolute atomic E-state index is 11.2. The number of aromatic nitrogens is 2. The molecule has 5 nitrogen and oxygen atoms in total. The Balaban J connectivity index is 2.13. The number of rotatable bonds is 4. The lowest BCUT2D eigenvalue weighted by molar-refractivity contribution is 0.100. The second-order valence-electron chi connectivity index (χ2n) is 4.87. The van der Waals surface area contributed by atoms with E-state index in [4.69, 9.17) is 10.3 Å². The summed E-state index contributed by atoms with van der Waals surface area (Å²) in [7, 11) is 0. The van der Waals surface area contributed by atoms with E-state index >= 15 is 0 Å². The minimum Gasteiger partial charge on any atom is -0.366 e. The molecule has 0 unspecified atom stereocenters. The molecule has 0 bridgehead atoms. The lowest BCUT2D eigenvalue weighted by atomic mass is 9.98. The third kappa shape index (κ3) is 2.48. The minimum atomic E-state index is -0.444. The van der Waals surface area contributed by atoms with Crippen molar-refractivity contribution < 1.29 is 9.32 Å². The normalized spacial score (nSPS) is 10.6. The Kier molecular flexibility index (Phi) is 3.70. The molecule has 0 aliphatic rings. The van der Waals surface area contributed by atoms with Crippen molar-refractivity contribution in [1.82, 2.24) is 10.1 Å². The summed E-state index contributed by atoms with van der Waals surface area (Å²) in [5.74, 6) is 0.353. The molecule has 0 saturated heterocycles. The van der Waals surface area contributed by atoms with Crippen LogP contribution in [0.2, 0.25) is 0 Å². The molecule has 110 valence electrons. The predicted octanol–water partition coefficient (Wildman–Crippen LogP) is 3.06. The van der Waals surface area contributed by atoms with Crippen molar-refractivity contribution in [3.63, 3.8) is 0 Å². The summed E-state index contributed by atoms with van der Waals surface area (Å²) in [6.07, 6.45) is 4.18. The number of nitrogens with two attached hydrogens (primary N) is 1. The van der Waals surface area contributed by atoms with Gasteiger partial charge in [0.2, 0.25) is 5.91 Å². The van der Waals surface area contributed by atoms with Gasteiger partial charge in [-0.2, -0.15) is 0 Å². The molecule has 2 heterocycles. The molecule has 0 saturated carbocycles. The lowest BCUT2D eigenvalue weighted by Crippen LogP contribution is -2.10. The molecule has 0 spiro atoms. The van der Waals surface area contributed by atoms with Crippen LogP contribution >= 0.6 is 0 Å². The summed E-state index contributed by atoms with van der Waals surface area (Å²) in [6, 6.07) is 10.9. The molecule has 5 heteroatoms.